The molecule has 0 radical (unpaired) electrons. The summed E-state index contributed by atoms with van der Waals surface area (Å²) in [4.78, 5) is 7.88. The van der Waals surface area contributed by atoms with E-state index in [1.807, 2.05) is 37.3 Å². The Balaban J connectivity index is 2.16. The fraction of sp³-hybridized carbons (Fsp3) is 0.167. The quantitative estimate of drug-likeness (QED) is 0.820. The van der Waals surface area contributed by atoms with Gasteiger partial charge in [0.15, 0.2) is 0 Å². The molecule has 0 aliphatic rings. The molecule has 0 aliphatic heterocycles. The molecule has 1 aromatic carbocycles. The van der Waals surface area contributed by atoms with Crippen LogP contribution in [0.4, 0.5) is 11.8 Å². The lowest BCUT2D eigenvalue weighted by atomic mass is 10.1. The summed E-state index contributed by atoms with van der Waals surface area (Å²) in [5, 5.41) is 3.56. The molecule has 0 bridgehead atoms. The Hall–Kier alpha value is -1.81. The SMILES string of the molecule is C[C@H](Nc1cc(Cl)nc(N)n1)c1ccccc1. The third kappa shape index (κ3) is 3.07. The van der Waals surface area contributed by atoms with Crippen LogP contribution in [0.3, 0.4) is 0 Å². The number of hydrogen-bond acceptors (Lipinski definition) is 4. The molecule has 0 amide bonds. The van der Waals surface area contributed by atoms with Crippen LogP contribution in [0.25, 0.3) is 0 Å². The van der Waals surface area contributed by atoms with E-state index < -0.39 is 0 Å². The number of nitrogens with two attached hydrogens (primary N) is 1. The minimum absolute atomic E-state index is 0.126. The lowest BCUT2D eigenvalue weighted by Crippen LogP contribution is -2.09. The van der Waals surface area contributed by atoms with Gasteiger partial charge in [0.2, 0.25) is 5.95 Å². The molecule has 0 unspecified atom stereocenters. The van der Waals surface area contributed by atoms with E-state index in [9.17, 15) is 0 Å². The van der Waals surface area contributed by atoms with Gasteiger partial charge in [-0.05, 0) is 12.5 Å². The lowest BCUT2D eigenvalue weighted by Gasteiger charge is -2.14. The molecule has 2 rings (SSSR count). The van der Waals surface area contributed by atoms with Crippen LogP contribution in [0.5, 0.6) is 0 Å². The summed E-state index contributed by atoms with van der Waals surface area (Å²) in [6.45, 7) is 2.04. The molecule has 2 aromatic rings. The highest BCUT2D eigenvalue weighted by atomic mass is 35.5. The van der Waals surface area contributed by atoms with Crippen molar-refractivity contribution in [3.8, 4) is 0 Å². The highest BCUT2D eigenvalue weighted by Crippen LogP contribution is 2.19. The monoisotopic (exact) mass is 248 g/mol. The lowest BCUT2D eigenvalue weighted by molar-refractivity contribution is 0.873. The predicted octanol–water partition coefficient (Wildman–Crippen LogP) is 2.89. The number of nitrogen functional groups attached to an aromatic ring is 1. The molecule has 0 aliphatic carbocycles. The van der Waals surface area contributed by atoms with E-state index >= 15 is 0 Å². The van der Waals surface area contributed by atoms with Crippen molar-refractivity contribution in [1.29, 1.82) is 0 Å². The van der Waals surface area contributed by atoms with Gasteiger partial charge in [-0.25, -0.2) is 4.98 Å². The van der Waals surface area contributed by atoms with Crippen LogP contribution in [0.15, 0.2) is 36.4 Å². The largest absolute Gasteiger partial charge is 0.368 e. The summed E-state index contributed by atoms with van der Waals surface area (Å²) in [6.07, 6.45) is 0. The van der Waals surface area contributed by atoms with Crippen LogP contribution in [0, 0.1) is 0 Å². The van der Waals surface area contributed by atoms with E-state index in [4.69, 9.17) is 17.3 Å². The first-order valence-electron chi connectivity index (χ1n) is 5.26. The zero-order valence-corrected chi connectivity index (χ0v) is 10.1. The second-order valence-electron chi connectivity index (χ2n) is 3.71. The summed E-state index contributed by atoms with van der Waals surface area (Å²) < 4.78 is 0. The van der Waals surface area contributed by atoms with E-state index in [1.54, 1.807) is 6.07 Å². The Morgan fingerprint density at radius 3 is 2.59 bits per heavy atom. The summed E-state index contributed by atoms with van der Waals surface area (Å²) in [7, 11) is 0. The normalized spacial score (nSPS) is 12.1. The summed E-state index contributed by atoms with van der Waals surface area (Å²) in [6, 6.07) is 11.8. The number of anilines is 2. The third-order valence-corrected chi connectivity index (χ3v) is 2.57. The van der Waals surface area contributed by atoms with Crippen LogP contribution >= 0.6 is 11.6 Å². The van der Waals surface area contributed by atoms with Gasteiger partial charge >= 0.3 is 0 Å². The number of nitrogens with one attached hydrogen (secondary N) is 1. The van der Waals surface area contributed by atoms with Crippen molar-refractivity contribution in [3.63, 3.8) is 0 Å². The maximum Gasteiger partial charge on any atom is 0.223 e. The van der Waals surface area contributed by atoms with Crippen molar-refractivity contribution in [2.24, 2.45) is 0 Å². The Morgan fingerprint density at radius 2 is 1.94 bits per heavy atom. The smallest absolute Gasteiger partial charge is 0.223 e. The molecular weight excluding hydrogens is 236 g/mol. The summed E-state index contributed by atoms with van der Waals surface area (Å²) in [5.41, 5.74) is 6.69. The predicted molar refractivity (Wildman–Crippen MR) is 69.9 cm³/mol. The van der Waals surface area contributed by atoms with Gasteiger partial charge in [0, 0.05) is 12.1 Å². The van der Waals surface area contributed by atoms with E-state index in [0.29, 0.717) is 11.0 Å². The Labute approximate surface area is 105 Å². The van der Waals surface area contributed by atoms with Gasteiger partial charge in [0.05, 0.1) is 0 Å². The van der Waals surface area contributed by atoms with Crippen LogP contribution in [0.2, 0.25) is 5.15 Å². The van der Waals surface area contributed by atoms with E-state index in [1.165, 1.54) is 5.56 Å². The molecule has 0 fully saturated rings. The second kappa shape index (κ2) is 5.01. The standard InChI is InChI=1S/C12H13ClN4/c1-8(9-5-3-2-4-6-9)15-11-7-10(13)16-12(14)17-11/h2-8H,1H3,(H3,14,15,16,17)/t8-/m0/s1. The Kier molecular flexibility index (Phi) is 3.44. The van der Waals surface area contributed by atoms with Crippen LogP contribution in [0.1, 0.15) is 18.5 Å². The average molecular weight is 249 g/mol. The van der Waals surface area contributed by atoms with Crippen molar-refractivity contribution >= 4 is 23.4 Å². The van der Waals surface area contributed by atoms with Crippen molar-refractivity contribution in [1.82, 2.24) is 9.97 Å². The molecular formula is C12H13ClN4. The summed E-state index contributed by atoms with van der Waals surface area (Å²) >= 11 is 5.81. The van der Waals surface area contributed by atoms with Gasteiger partial charge in [-0.1, -0.05) is 41.9 Å². The van der Waals surface area contributed by atoms with Crippen LogP contribution in [-0.4, -0.2) is 9.97 Å². The zero-order chi connectivity index (χ0) is 12.3. The second-order valence-corrected chi connectivity index (χ2v) is 4.10. The van der Waals surface area contributed by atoms with Gasteiger partial charge in [-0.3, -0.25) is 0 Å². The fourth-order valence-electron chi connectivity index (χ4n) is 1.56. The third-order valence-electron chi connectivity index (χ3n) is 2.38. The maximum atomic E-state index is 5.81. The Morgan fingerprint density at radius 1 is 1.24 bits per heavy atom. The average Bonchev–Trinajstić information content (AvgIpc) is 2.28. The minimum atomic E-state index is 0.126. The molecule has 17 heavy (non-hydrogen) atoms. The maximum absolute atomic E-state index is 5.81. The molecule has 1 atom stereocenters. The number of aromatic nitrogens is 2. The van der Waals surface area contributed by atoms with Gasteiger partial charge < -0.3 is 11.1 Å². The van der Waals surface area contributed by atoms with Gasteiger partial charge in [-0.15, -0.1) is 0 Å². The topological polar surface area (TPSA) is 63.8 Å². The first-order valence-corrected chi connectivity index (χ1v) is 5.64. The van der Waals surface area contributed by atoms with Crippen LogP contribution in [-0.2, 0) is 0 Å². The molecule has 1 heterocycles. The molecule has 88 valence electrons. The molecule has 0 saturated heterocycles. The Bertz CT molecular complexity index is 481. The molecule has 0 spiro atoms. The van der Waals surface area contributed by atoms with Gasteiger partial charge in [0.25, 0.3) is 0 Å². The van der Waals surface area contributed by atoms with E-state index in [-0.39, 0.29) is 12.0 Å². The van der Waals surface area contributed by atoms with Crippen molar-refractivity contribution < 1.29 is 0 Å². The number of rotatable bonds is 3. The highest BCUT2D eigenvalue weighted by molar-refractivity contribution is 6.29. The number of halogens is 1. The minimum Gasteiger partial charge on any atom is -0.368 e. The highest BCUT2D eigenvalue weighted by Gasteiger charge is 2.06. The van der Waals surface area contributed by atoms with Gasteiger partial charge in [-0.2, -0.15) is 4.98 Å². The van der Waals surface area contributed by atoms with E-state index in [0.717, 1.165) is 0 Å². The van der Waals surface area contributed by atoms with Crippen molar-refractivity contribution in [2.45, 2.75) is 13.0 Å². The first kappa shape index (κ1) is 11.7. The molecule has 5 heteroatoms. The van der Waals surface area contributed by atoms with Gasteiger partial charge in [0.1, 0.15) is 11.0 Å². The summed E-state index contributed by atoms with van der Waals surface area (Å²) in [5.74, 6) is 0.791. The van der Waals surface area contributed by atoms with E-state index in [2.05, 4.69) is 15.3 Å². The molecule has 1 aromatic heterocycles. The van der Waals surface area contributed by atoms with Crippen LogP contribution < -0.4 is 11.1 Å². The van der Waals surface area contributed by atoms with Crippen molar-refractivity contribution in [2.75, 3.05) is 11.1 Å². The molecule has 4 nitrogen and oxygen atoms in total. The fourth-order valence-corrected chi connectivity index (χ4v) is 1.75. The number of benzene rings is 1. The first-order chi connectivity index (χ1) is 8.15. The molecule has 3 N–H and O–H groups in total. The molecule has 0 saturated carbocycles. The number of nitrogens with zero attached hydrogens (tertiary/aromatic N) is 2. The van der Waals surface area contributed by atoms with Crippen molar-refractivity contribution in [3.05, 3.63) is 47.1 Å². The number of hydrogen-bond donors (Lipinski definition) is 2. The zero-order valence-electron chi connectivity index (χ0n) is 9.39.